The van der Waals surface area contributed by atoms with Gasteiger partial charge < -0.3 is 9.64 Å². The van der Waals surface area contributed by atoms with Gasteiger partial charge in [0.05, 0.1) is 36.8 Å². The number of rotatable bonds is 2. The molecule has 0 aliphatic carbocycles. The van der Waals surface area contributed by atoms with E-state index in [1.54, 1.807) is 17.3 Å². The number of morpholine rings is 1. The maximum Gasteiger partial charge on any atom is 0.274 e. The molecule has 1 amide bonds. The summed E-state index contributed by atoms with van der Waals surface area (Å²) in [6.07, 6.45) is 4.93. The SMILES string of the molecule is O=C(c1cncc(-c2cccc3cccnc23)n1)N1CCOCC1. The van der Waals surface area contributed by atoms with Crippen LogP contribution >= 0.6 is 0 Å². The predicted octanol–water partition coefficient (Wildman–Crippen LogP) is 2.16. The molecule has 3 heterocycles. The molecule has 0 radical (unpaired) electrons. The van der Waals surface area contributed by atoms with E-state index in [0.717, 1.165) is 16.5 Å². The number of hydrogen-bond donors (Lipinski definition) is 0. The minimum absolute atomic E-state index is 0.110. The Morgan fingerprint density at radius 3 is 2.79 bits per heavy atom. The van der Waals surface area contributed by atoms with Crippen LogP contribution in [0.5, 0.6) is 0 Å². The van der Waals surface area contributed by atoms with Gasteiger partial charge >= 0.3 is 0 Å². The molecule has 2 aromatic heterocycles. The van der Waals surface area contributed by atoms with Crippen molar-refractivity contribution in [2.45, 2.75) is 0 Å². The van der Waals surface area contributed by atoms with E-state index in [1.165, 1.54) is 6.20 Å². The smallest absolute Gasteiger partial charge is 0.274 e. The molecule has 0 bridgehead atoms. The third kappa shape index (κ3) is 2.72. The molecule has 6 heteroatoms. The van der Waals surface area contributed by atoms with Crippen LogP contribution in [0, 0.1) is 0 Å². The maximum atomic E-state index is 12.6. The van der Waals surface area contributed by atoms with Crippen LogP contribution in [-0.2, 0) is 4.74 Å². The summed E-state index contributed by atoms with van der Waals surface area (Å²) in [5.74, 6) is -0.110. The van der Waals surface area contributed by atoms with E-state index in [-0.39, 0.29) is 5.91 Å². The van der Waals surface area contributed by atoms with Crippen LogP contribution in [0.25, 0.3) is 22.2 Å². The molecule has 1 saturated heterocycles. The minimum Gasteiger partial charge on any atom is -0.378 e. The number of nitrogens with zero attached hydrogens (tertiary/aromatic N) is 4. The normalized spacial score (nSPS) is 14.8. The fourth-order valence-corrected chi connectivity index (χ4v) is 2.84. The lowest BCUT2D eigenvalue weighted by atomic mass is 10.1. The Morgan fingerprint density at radius 2 is 1.92 bits per heavy atom. The molecule has 1 aliphatic heterocycles. The number of pyridine rings is 1. The Kier molecular flexibility index (Phi) is 3.88. The van der Waals surface area contributed by atoms with Crippen LogP contribution in [0.1, 0.15) is 10.5 Å². The fraction of sp³-hybridized carbons (Fsp3) is 0.222. The highest BCUT2D eigenvalue weighted by atomic mass is 16.5. The number of carbonyl (C=O) groups is 1. The van der Waals surface area contributed by atoms with Crippen LogP contribution in [0.15, 0.2) is 48.9 Å². The Balaban J connectivity index is 1.73. The van der Waals surface area contributed by atoms with Gasteiger partial charge in [0.1, 0.15) is 5.69 Å². The number of para-hydroxylation sites is 1. The largest absolute Gasteiger partial charge is 0.378 e. The summed E-state index contributed by atoms with van der Waals surface area (Å²) in [5.41, 5.74) is 2.73. The molecule has 1 fully saturated rings. The number of benzene rings is 1. The monoisotopic (exact) mass is 320 g/mol. The highest BCUT2D eigenvalue weighted by Gasteiger charge is 2.20. The van der Waals surface area contributed by atoms with Gasteiger partial charge in [-0.1, -0.05) is 24.3 Å². The molecule has 0 atom stereocenters. The molecule has 1 aromatic carbocycles. The molecular formula is C18H16N4O2. The average Bonchev–Trinajstić information content (AvgIpc) is 2.68. The summed E-state index contributed by atoms with van der Waals surface area (Å²) in [7, 11) is 0. The van der Waals surface area contributed by atoms with E-state index >= 15 is 0 Å². The Morgan fingerprint density at radius 1 is 1.08 bits per heavy atom. The van der Waals surface area contributed by atoms with E-state index < -0.39 is 0 Å². The van der Waals surface area contributed by atoms with Gasteiger partial charge in [-0.15, -0.1) is 0 Å². The zero-order valence-electron chi connectivity index (χ0n) is 13.1. The van der Waals surface area contributed by atoms with Gasteiger partial charge in [0.2, 0.25) is 0 Å². The molecular weight excluding hydrogens is 304 g/mol. The lowest BCUT2D eigenvalue weighted by Crippen LogP contribution is -2.41. The van der Waals surface area contributed by atoms with E-state index in [9.17, 15) is 4.79 Å². The van der Waals surface area contributed by atoms with Gasteiger partial charge in [-0.2, -0.15) is 0 Å². The highest BCUT2D eigenvalue weighted by Crippen LogP contribution is 2.25. The summed E-state index contributed by atoms with van der Waals surface area (Å²) < 4.78 is 5.29. The van der Waals surface area contributed by atoms with Gasteiger partial charge in [-0.3, -0.25) is 14.8 Å². The van der Waals surface area contributed by atoms with Gasteiger partial charge in [-0.25, -0.2) is 4.98 Å². The Hall–Kier alpha value is -2.86. The molecule has 120 valence electrons. The van der Waals surface area contributed by atoms with E-state index in [0.29, 0.717) is 37.7 Å². The second-order valence-electron chi connectivity index (χ2n) is 5.57. The standard InChI is InChI=1S/C18H16N4O2/c23-18(22-7-9-24-10-8-22)16-12-19-11-15(21-16)14-5-1-3-13-4-2-6-20-17(13)14/h1-6,11-12H,7-10H2. The molecule has 1 aliphatic rings. The van der Waals surface area contributed by atoms with Crippen molar-refractivity contribution < 1.29 is 9.53 Å². The summed E-state index contributed by atoms with van der Waals surface area (Å²) in [6.45, 7) is 2.29. The second-order valence-corrected chi connectivity index (χ2v) is 5.57. The van der Waals surface area contributed by atoms with Gasteiger partial charge in [0, 0.05) is 30.2 Å². The first-order valence-corrected chi connectivity index (χ1v) is 7.86. The number of hydrogen-bond acceptors (Lipinski definition) is 5. The third-order valence-electron chi connectivity index (χ3n) is 4.06. The van der Waals surface area contributed by atoms with E-state index in [2.05, 4.69) is 15.0 Å². The number of fused-ring (bicyclic) bond motifs is 1. The van der Waals surface area contributed by atoms with Crippen molar-refractivity contribution in [3.63, 3.8) is 0 Å². The summed E-state index contributed by atoms with van der Waals surface area (Å²) in [4.78, 5) is 27.5. The third-order valence-corrected chi connectivity index (χ3v) is 4.06. The first-order chi connectivity index (χ1) is 11.8. The zero-order valence-corrected chi connectivity index (χ0v) is 13.1. The van der Waals surface area contributed by atoms with Crippen LogP contribution in [0.4, 0.5) is 0 Å². The van der Waals surface area contributed by atoms with Gasteiger partial charge in [0.25, 0.3) is 5.91 Å². The highest BCUT2D eigenvalue weighted by molar-refractivity contribution is 5.95. The first-order valence-electron chi connectivity index (χ1n) is 7.86. The number of carbonyl (C=O) groups excluding carboxylic acids is 1. The van der Waals surface area contributed by atoms with E-state index in [1.807, 2.05) is 30.3 Å². The average molecular weight is 320 g/mol. The number of ether oxygens (including phenoxy) is 1. The van der Waals surface area contributed by atoms with Gasteiger partial charge in [0.15, 0.2) is 0 Å². The summed E-state index contributed by atoms with van der Waals surface area (Å²) in [5, 5.41) is 1.03. The van der Waals surface area contributed by atoms with Crippen LogP contribution in [-0.4, -0.2) is 52.1 Å². The lowest BCUT2D eigenvalue weighted by molar-refractivity contribution is 0.0299. The van der Waals surface area contributed by atoms with Crippen molar-refractivity contribution in [1.29, 1.82) is 0 Å². The van der Waals surface area contributed by atoms with Crippen LogP contribution < -0.4 is 0 Å². The molecule has 6 nitrogen and oxygen atoms in total. The maximum absolute atomic E-state index is 12.6. The van der Waals surface area contributed by atoms with Gasteiger partial charge in [-0.05, 0) is 6.07 Å². The molecule has 0 spiro atoms. The Bertz CT molecular complexity index is 886. The lowest BCUT2D eigenvalue weighted by Gasteiger charge is -2.26. The molecule has 4 rings (SSSR count). The predicted molar refractivity (Wildman–Crippen MR) is 89.5 cm³/mol. The van der Waals surface area contributed by atoms with Crippen LogP contribution in [0.3, 0.4) is 0 Å². The quantitative estimate of drug-likeness (QED) is 0.724. The minimum atomic E-state index is -0.110. The van der Waals surface area contributed by atoms with Crippen molar-refractivity contribution in [2.24, 2.45) is 0 Å². The van der Waals surface area contributed by atoms with Crippen molar-refractivity contribution >= 4 is 16.8 Å². The van der Waals surface area contributed by atoms with Crippen molar-refractivity contribution in [1.82, 2.24) is 19.9 Å². The van der Waals surface area contributed by atoms with Crippen LogP contribution in [0.2, 0.25) is 0 Å². The topological polar surface area (TPSA) is 68.2 Å². The molecule has 0 N–H and O–H groups in total. The molecule has 0 unspecified atom stereocenters. The van der Waals surface area contributed by atoms with Crippen molar-refractivity contribution in [3.8, 4) is 11.3 Å². The van der Waals surface area contributed by atoms with Crippen molar-refractivity contribution in [3.05, 3.63) is 54.6 Å². The summed E-state index contributed by atoms with van der Waals surface area (Å²) >= 11 is 0. The number of aromatic nitrogens is 3. The van der Waals surface area contributed by atoms with Crippen molar-refractivity contribution in [2.75, 3.05) is 26.3 Å². The second kappa shape index (κ2) is 6.33. The molecule has 24 heavy (non-hydrogen) atoms. The number of amides is 1. The molecule has 0 saturated carbocycles. The molecule has 3 aromatic rings. The Labute approximate surface area is 139 Å². The van der Waals surface area contributed by atoms with E-state index in [4.69, 9.17) is 4.74 Å². The zero-order chi connectivity index (χ0) is 16.4. The fourth-order valence-electron chi connectivity index (χ4n) is 2.84. The first kappa shape index (κ1) is 14.7. The summed E-state index contributed by atoms with van der Waals surface area (Å²) in [6, 6.07) is 9.81.